The van der Waals surface area contributed by atoms with E-state index in [1.165, 1.54) is 0 Å². The Bertz CT molecular complexity index is 21.0. The zero-order chi connectivity index (χ0) is 2.71. The minimum Gasteiger partial charge on any atom is -1.00 e. The largest absolute Gasteiger partial charge is 1.00 e. The molecule has 0 aliphatic carbocycles. The van der Waals surface area contributed by atoms with Crippen molar-refractivity contribution >= 4 is 6.47 Å². The molecule has 0 aliphatic rings. The van der Waals surface area contributed by atoms with Gasteiger partial charge in [0.25, 0.3) is 6.47 Å². The van der Waals surface area contributed by atoms with Crippen molar-refractivity contribution < 1.29 is 40.9 Å². The van der Waals surface area contributed by atoms with Crippen LogP contribution in [0.5, 0.6) is 0 Å². The number of rotatable bonds is 0. The van der Waals surface area contributed by atoms with Crippen LogP contribution in [-0.2, 0) is 4.79 Å². The van der Waals surface area contributed by atoms with Crippen molar-refractivity contribution in [3.8, 4) is 0 Å². The Kier molecular flexibility index (Phi) is 92.0. The molecule has 0 fully saturated rings. The third-order valence-electron chi connectivity index (χ3n) is 0. The van der Waals surface area contributed by atoms with Crippen molar-refractivity contribution in [1.29, 1.82) is 0 Å². The maximum Gasteiger partial charge on any atom is 1.00 e. The Balaban J connectivity index is -0.00000000667. The summed E-state index contributed by atoms with van der Waals surface area (Å²) in [7, 11) is 0. The molecule has 28 valence electrons. The Hall–Kier alpha value is 0.430. The summed E-state index contributed by atoms with van der Waals surface area (Å²) in [6, 6.07) is 0. The molecule has 0 aromatic heterocycles. The normalized spacial score (nSPS) is 2.40. The zero-order valence-electron chi connectivity index (χ0n) is 4.14. The Labute approximate surface area is 53.7 Å². The molecule has 0 unspecified atom stereocenters. The van der Waals surface area contributed by atoms with Gasteiger partial charge in [-0.05, 0) is 0 Å². The van der Waals surface area contributed by atoms with Crippen LogP contribution < -0.4 is 35.7 Å². The maximum absolute atomic E-state index is 8.36. The van der Waals surface area contributed by atoms with Crippen LogP contribution in [0.15, 0.2) is 0 Å². The first kappa shape index (κ1) is 18.0. The van der Waals surface area contributed by atoms with Crippen molar-refractivity contribution in [3.05, 3.63) is 0 Å². The SMILES string of the molecule is N.O=CO.[H-].[Na+]. The number of hydrogen-bond donors (Lipinski definition) is 2. The maximum atomic E-state index is 8.36. The van der Waals surface area contributed by atoms with Gasteiger partial charge in [-0.15, -0.1) is 0 Å². The van der Waals surface area contributed by atoms with E-state index >= 15 is 0 Å². The van der Waals surface area contributed by atoms with E-state index in [0.29, 0.717) is 0 Å². The average Bonchev–Trinajstić information content (AvgIpc) is 0.918. The molecule has 0 aromatic carbocycles. The Morgan fingerprint density at radius 3 is 1.80 bits per heavy atom. The summed E-state index contributed by atoms with van der Waals surface area (Å²) in [6.07, 6.45) is 0. The van der Waals surface area contributed by atoms with E-state index in [0.717, 1.165) is 0 Å². The molecule has 0 rings (SSSR count). The summed E-state index contributed by atoms with van der Waals surface area (Å²) in [4.78, 5) is 8.36. The minimum atomic E-state index is -0.250. The molecule has 0 heterocycles. The summed E-state index contributed by atoms with van der Waals surface area (Å²) >= 11 is 0. The van der Waals surface area contributed by atoms with Gasteiger partial charge in [-0.25, -0.2) is 0 Å². The standard InChI is InChI=1S/CH2O2.H3N.Na.H/c2-1-3;;;/h1H,(H,2,3);1H3;;/q;;+1;-1. The van der Waals surface area contributed by atoms with Gasteiger partial charge in [-0.2, -0.15) is 0 Å². The Morgan fingerprint density at radius 1 is 1.80 bits per heavy atom. The summed E-state index contributed by atoms with van der Waals surface area (Å²) in [6.45, 7) is -0.250. The Morgan fingerprint density at radius 2 is 1.80 bits per heavy atom. The first-order valence-corrected chi connectivity index (χ1v) is 0.494. The van der Waals surface area contributed by atoms with Crippen LogP contribution in [0, 0.1) is 0 Å². The second kappa shape index (κ2) is 25.5. The minimum absolute atomic E-state index is 0. The summed E-state index contributed by atoms with van der Waals surface area (Å²) in [5.74, 6) is 0. The van der Waals surface area contributed by atoms with E-state index in [1.54, 1.807) is 0 Å². The predicted molar refractivity (Wildman–Crippen MR) is 14.8 cm³/mol. The second-order valence-corrected chi connectivity index (χ2v) is 0.105. The molecular weight excluding hydrogens is 81.0 g/mol. The molecule has 0 atom stereocenters. The fourth-order valence-corrected chi connectivity index (χ4v) is 0. The van der Waals surface area contributed by atoms with E-state index in [1.807, 2.05) is 0 Å². The fourth-order valence-electron chi connectivity index (χ4n) is 0. The molecule has 0 saturated carbocycles. The van der Waals surface area contributed by atoms with Crippen LogP contribution in [0.1, 0.15) is 1.43 Å². The van der Waals surface area contributed by atoms with Crippen LogP contribution >= 0.6 is 0 Å². The summed E-state index contributed by atoms with van der Waals surface area (Å²) < 4.78 is 0. The molecule has 4 N–H and O–H groups in total. The molecule has 4 heteroatoms. The molecule has 3 nitrogen and oxygen atoms in total. The molecule has 0 amide bonds. The molecule has 0 aromatic rings. The van der Waals surface area contributed by atoms with Crippen molar-refractivity contribution in [2.75, 3.05) is 0 Å². The van der Waals surface area contributed by atoms with Gasteiger partial charge in [0.1, 0.15) is 0 Å². The van der Waals surface area contributed by atoms with Crippen molar-refractivity contribution in [2.45, 2.75) is 0 Å². The third kappa shape index (κ3) is 141. The number of carbonyl (C=O) groups is 1. The van der Waals surface area contributed by atoms with Gasteiger partial charge in [0.15, 0.2) is 0 Å². The summed E-state index contributed by atoms with van der Waals surface area (Å²) in [5, 5.41) is 6.89. The van der Waals surface area contributed by atoms with Crippen LogP contribution in [0.4, 0.5) is 0 Å². The number of carboxylic acid groups (broad SMARTS) is 1. The van der Waals surface area contributed by atoms with E-state index in [9.17, 15) is 0 Å². The molecule has 0 aliphatic heterocycles. The van der Waals surface area contributed by atoms with Gasteiger partial charge < -0.3 is 12.7 Å². The monoisotopic (exact) mass is 87.0 g/mol. The van der Waals surface area contributed by atoms with Gasteiger partial charge in [0.05, 0.1) is 0 Å². The van der Waals surface area contributed by atoms with Gasteiger partial charge in [-0.1, -0.05) is 0 Å². The van der Waals surface area contributed by atoms with Crippen LogP contribution in [0.25, 0.3) is 0 Å². The van der Waals surface area contributed by atoms with Crippen molar-refractivity contribution in [2.24, 2.45) is 0 Å². The third-order valence-corrected chi connectivity index (χ3v) is 0. The molecular formula is CH6NNaO2. The second-order valence-electron chi connectivity index (χ2n) is 0.105. The van der Waals surface area contributed by atoms with E-state index in [4.69, 9.17) is 9.90 Å². The van der Waals surface area contributed by atoms with Crippen LogP contribution in [0.3, 0.4) is 0 Å². The van der Waals surface area contributed by atoms with Crippen molar-refractivity contribution in [1.82, 2.24) is 6.15 Å². The molecule has 0 spiro atoms. The van der Waals surface area contributed by atoms with E-state index in [2.05, 4.69) is 0 Å². The van der Waals surface area contributed by atoms with Gasteiger partial charge in [0.2, 0.25) is 0 Å². The van der Waals surface area contributed by atoms with Crippen LogP contribution in [-0.4, -0.2) is 11.6 Å². The van der Waals surface area contributed by atoms with Gasteiger partial charge in [0, 0.05) is 0 Å². The van der Waals surface area contributed by atoms with Crippen molar-refractivity contribution in [3.63, 3.8) is 0 Å². The first-order valence-electron chi connectivity index (χ1n) is 0.494. The predicted octanol–water partition coefficient (Wildman–Crippen LogP) is -3.02. The number of hydrogen-bond acceptors (Lipinski definition) is 2. The van der Waals surface area contributed by atoms with Gasteiger partial charge >= 0.3 is 29.6 Å². The quantitative estimate of drug-likeness (QED) is 0.244. The zero-order valence-corrected chi connectivity index (χ0v) is 5.14. The molecule has 5 heavy (non-hydrogen) atoms. The smallest absolute Gasteiger partial charge is 1.00 e. The van der Waals surface area contributed by atoms with E-state index < -0.39 is 0 Å². The topological polar surface area (TPSA) is 72.3 Å². The first-order chi connectivity index (χ1) is 1.41. The summed E-state index contributed by atoms with van der Waals surface area (Å²) in [5.41, 5.74) is 0. The van der Waals surface area contributed by atoms with Crippen LogP contribution in [0.2, 0.25) is 0 Å². The molecule has 0 saturated heterocycles. The molecule has 0 radical (unpaired) electrons. The fraction of sp³-hybridized carbons (Fsp3) is 0. The average molecular weight is 87.1 g/mol. The molecule has 0 bridgehead atoms. The van der Waals surface area contributed by atoms with Gasteiger partial charge in [-0.3, -0.25) is 4.79 Å². The van der Waals surface area contributed by atoms with E-state index in [-0.39, 0.29) is 43.6 Å².